The molecule has 4 unspecified atom stereocenters. The van der Waals surface area contributed by atoms with Gasteiger partial charge in [0.1, 0.15) is 11.6 Å². The molecule has 4 heterocycles. The van der Waals surface area contributed by atoms with Gasteiger partial charge in [-0.15, -0.1) is 0 Å². The molecule has 2 aromatic carbocycles. The predicted octanol–water partition coefficient (Wildman–Crippen LogP) is 2.99. The van der Waals surface area contributed by atoms with E-state index in [1.165, 1.54) is 23.3 Å². The van der Waals surface area contributed by atoms with Gasteiger partial charge in [0.25, 0.3) is 0 Å². The SMILES string of the molecule is Cc1ccncc1C1CC2C(CN1)NNC2c1nc2c(-c3cc(F)cc(CNS(C)(=O)=O)c3)cccc2[nH]1. The Bertz CT molecular complexity index is 1610. The highest BCUT2D eigenvalue weighted by Gasteiger charge is 2.42. The molecule has 2 fully saturated rings. The highest BCUT2D eigenvalue weighted by Crippen LogP contribution is 2.39. The first kappa shape index (κ1) is 25.1. The zero-order valence-corrected chi connectivity index (χ0v) is 21.9. The lowest BCUT2D eigenvalue weighted by Gasteiger charge is -2.34. The second kappa shape index (κ2) is 9.83. The second-order valence-corrected chi connectivity index (χ2v) is 12.1. The Labute approximate surface area is 220 Å². The van der Waals surface area contributed by atoms with Crippen LogP contribution in [-0.4, -0.2) is 42.2 Å². The third-order valence-electron chi connectivity index (χ3n) is 7.55. The number of aromatic nitrogens is 3. The number of hydrazine groups is 1. The Hall–Kier alpha value is -3.22. The van der Waals surface area contributed by atoms with Gasteiger partial charge in [-0.25, -0.2) is 27.9 Å². The quantitative estimate of drug-likeness (QED) is 0.257. The summed E-state index contributed by atoms with van der Waals surface area (Å²) in [6.07, 6.45) is 5.77. The molecule has 0 saturated carbocycles. The average Bonchev–Trinajstić information content (AvgIpc) is 3.50. The fourth-order valence-corrected chi connectivity index (χ4v) is 6.10. The zero-order valence-electron chi connectivity index (χ0n) is 21.1. The number of halogens is 1. The summed E-state index contributed by atoms with van der Waals surface area (Å²) in [4.78, 5) is 12.8. The highest BCUT2D eigenvalue weighted by molar-refractivity contribution is 7.88. The standard InChI is InChI=1S/C27H30FN7O2S/c1-15-6-7-29-13-21(15)23-11-20-24(14-30-23)34-35-26(20)27-32-22-5-3-4-19(25(22)33-27)17-8-16(9-18(28)10-17)12-31-38(2,36)37/h3-10,13,20,23-24,26,30-31,34-35H,11-12,14H2,1-2H3,(H,32,33). The Kier molecular flexibility index (Phi) is 6.48. The molecule has 0 bridgehead atoms. The summed E-state index contributed by atoms with van der Waals surface area (Å²) in [5, 5.41) is 3.66. The van der Waals surface area contributed by atoms with Crippen LogP contribution in [0.25, 0.3) is 22.2 Å². The number of aromatic amines is 1. The van der Waals surface area contributed by atoms with Crippen LogP contribution in [0.1, 0.15) is 41.0 Å². The van der Waals surface area contributed by atoms with Gasteiger partial charge in [0.2, 0.25) is 10.0 Å². The van der Waals surface area contributed by atoms with Crippen molar-refractivity contribution in [2.24, 2.45) is 5.92 Å². The van der Waals surface area contributed by atoms with Crippen LogP contribution in [0.15, 0.2) is 54.9 Å². The van der Waals surface area contributed by atoms with Gasteiger partial charge in [0.05, 0.1) is 23.3 Å². The molecule has 2 aliphatic heterocycles. The summed E-state index contributed by atoms with van der Waals surface area (Å²) in [5.41, 5.74) is 12.9. The number of sulfonamides is 1. The molecule has 2 saturated heterocycles. The molecule has 0 amide bonds. The van der Waals surface area contributed by atoms with Crippen LogP contribution in [0.3, 0.4) is 0 Å². The maximum absolute atomic E-state index is 14.5. The molecule has 6 rings (SSSR count). The number of para-hydroxylation sites is 1. The lowest BCUT2D eigenvalue weighted by molar-refractivity contribution is 0.263. The number of imidazole rings is 1. The fraction of sp³-hybridized carbons (Fsp3) is 0.333. The third kappa shape index (κ3) is 4.95. The number of nitrogens with zero attached hydrogens (tertiary/aromatic N) is 2. The molecule has 4 aromatic rings. The molecule has 4 atom stereocenters. The van der Waals surface area contributed by atoms with Crippen LogP contribution < -0.4 is 20.9 Å². The van der Waals surface area contributed by atoms with E-state index in [0.29, 0.717) is 17.0 Å². The third-order valence-corrected chi connectivity index (χ3v) is 8.22. The summed E-state index contributed by atoms with van der Waals surface area (Å²) in [6.45, 7) is 2.95. The Morgan fingerprint density at radius 2 is 2.03 bits per heavy atom. The van der Waals surface area contributed by atoms with E-state index in [4.69, 9.17) is 4.98 Å². The largest absolute Gasteiger partial charge is 0.341 e. The number of piperidine rings is 1. The maximum atomic E-state index is 14.5. The van der Waals surface area contributed by atoms with Crippen molar-refractivity contribution < 1.29 is 12.8 Å². The Morgan fingerprint density at radius 3 is 2.84 bits per heavy atom. The van der Waals surface area contributed by atoms with Gasteiger partial charge in [-0.2, -0.15) is 0 Å². The molecule has 2 aromatic heterocycles. The van der Waals surface area contributed by atoms with Crippen molar-refractivity contribution in [2.75, 3.05) is 12.8 Å². The molecule has 5 N–H and O–H groups in total. The zero-order chi connectivity index (χ0) is 26.4. The first-order valence-electron chi connectivity index (χ1n) is 12.6. The number of rotatable bonds is 6. The van der Waals surface area contributed by atoms with Gasteiger partial charge in [-0.1, -0.05) is 12.1 Å². The summed E-state index contributed by atoms with van der Waals surface area (Å²) < 4.78 is 40.0. The first-order chi connectivity index (χ1) is 18.2. The monoisotopic (exact) mass is 535 g/mol. The maximum Gasteiger partial charge on any atom is 0.209 e. The Morgan fingerprint density at radius 1 is 1.16 bits per heavy atom. The number of hydrogen-bond donors (Lipinski definition) is 5. The number of pyridine rings is 1. The number of benzene rings is 2. The molecular weight excluding hydrogens is 505 g/mol. The van der Waals surface area contributed by atoms with Gasteiger partial charge < -0.3 is 10.3 Å². The topological polar surface area (TPSA) is 124 Å². The van der Waals surface area contributed by atoms with Crippen LogP contribution in [0.4, 0.5) is 4.39 Å². The number of hydrogen-bond acceptors (Lipinski definition) is 7. The van der Waals surface area contributed by atoms with E-state index < -0.39 is 15.8 Å². The number of aryl methyl sites for hydroxylation is 1. The van der Waals surface area contributed by atoms with Crippen molar-refractivity contribution in [1.82, 2.24) is 35.8 Å². The first-order valence-corrected chi connectivity index (χ1v) is 14.5. The van der Waals surface area contributed by atoms with E-state index in [1.807, 2.05) is 36.7 Å². The number of nitrogens with one attached hydrogen (secondary N) is 5. The van der Waals surface area contributed by atoms with E-state index in [1.54, 1.807) is 6.07 Å². The average molecular weight is 536 g/mol. The normalized spacial score (nSPS) is 23.6. The van der Waals surface area contributed by atoms with Crippen molar-refractivity contribution in [3.05, 3.63) is 83.2 Å². The van der Waals surface area contributed by atoms with E-state index >= 15 is 0 Å². The van der Waals surface area contributed by atoms with Crippen molar-refractivity contribution in [3.63, 3.8) is 0 Å². The molecule has 2 aliphatic rings. The van der Waals surface area contributed by atoms with E-state index in [-0.39, 0.29) is 24.7 Å². The van der Waals surface area contributed by atoms with Crippen LogP contribution in [-0.2, 0) is 16.6 Å². The van der Waals surface area contributed by atoms with Gasteiger partial charge >= 0.3 is 0 Å². The minimum absolute atomic E-state index is 0.0116. The highest BCUT2D eigenvalue weighted by atomic mass is 32.2. The number of H-pyrrole nitrogens is 1. The van der Waals surface area contributed by atoms with E-state index in [9.17, 15) is 12.8 Å². The van der Waals surface area contributed by atoms with Gasteiger partial charge in [0, 0.05) is 49.0 Å². The molecule has 0 spiro atoms. The van der Waals surface area contributed by atoms with Crippen LogP contribution in [0.2, 0.25) is 0 Å². The summed E-state index contributed by atoms with van der Waals surface area (Å²) >= 11 is 0. The summed E-state index contributed by atoms with van der Waals surface area (Å²) in [6, 6.07) is 12.8. The van der Waals surface area contributed by atoms with Gasteiger partial charge in [-0.05, 0) is 65.9 Å². The molecular formula is C27H30FN7O2S. The van der Waals surface area contributed by atoms with Crippen molar-refractivity contribution in [3.8, 4) is 11.1 Å². The predicted molar refractivity (Wildman–Crippen MR) is 144 cm³/mol. The van der Waals surface area contributed by atoms with Crippen molar-refractivity contribution >= 4 is 21.1 Å². The lowest BCUT2D eigenvalue weighted by Crippen LogP contribution is -2.46. The van der Waals surface area contributed by atoms with Crippen molar-refractivity contribution in [2.45, 2.75) is 38.0 Å². The molecule has 38 heavy (non-hydrogen) atoms. The minimum Gasteiger partial charge on any atom is -0.341 e. The molecule has 9 nitrogen and oxygen atoms in total. The van der Waals surface area contributed by atoms with E-state index in [2.05, 4.69) is 37.8 Å². The smallest absolute Gasteiger partial charge is 0.209 e. The fourth-order valence-electron chi connectivity index (χ4n) is 5.67. The summed E-state index contributed by atoms with van der Waals surface area (Å²) in [7, 11) is -3.40. The van der Waals surface area contributed by atoms with Crippen LogP contribution >= 0.6 is 0 Å². The number of fused-ring (bicyclic) bond motifs is 2. The van der Waals surface area contributed by atoms with Crippen LogP contribution in [0.5, 0.6) is 0 Å². The molecule has 198 valence electrons. The van der Waals surface area contributed by atoms with E-state index in [0.717, 1.165) is 41.6 Å². The molecule has 0 aliphatic carbocycles. The lowest BCUT2D eigenvalue weighted by atomic mass is 9.82. The minimum atomic E-state index is -3.40. The second-order valence-electron chi connectivity index (χ2n) is 10.2. The summed E-state index contributed by atoms with van der Waals surface area (Å²) in [5.74, 6) is 0.690. The Balaban J connectivity index is 1.31. The van der Waals surface area contributed by atoms with Gasteiger partial charge in [0.15, 0.2) is 0 Å². The van der Waals surface area contributed by atoms with Gasteiger partial charge in [-0.3, -0.25) is 10.4 Å². The van der Waals surface area contributed by atoms with Crippen molar-refractivity contribution in [1.29, 1.82) is 0 Å². The molecule has 11 heteroatoms. The van der Waals surface area contributed by atoms with Crippen LogP contribution in [0, 0.1) is 18.7 Å². The molecule has 0 radical (unpaired) electrons.